The number of hydrogen-bond donors (Lipinski definition) is 1. The predicted molar refractivity (Wildman–Crippen MR) is 176 cm³/mol. The molecule has 0 bridgehead atoms. The topological polar surface area (TPSA) is 57.6 Å². The van der Waals surface area contributed by atoms with Crippen molar-refractivity contribution in [3.63, 3.8) is 0 Å². The van der Waals surface area contributed by atoms with E-state index in [-0.39, 0.29) is 12.0 Å². The van der Waals surface area contributed by atoms with Gasteiger partial charge in [-0.15, -0.1) is 0 Å². The van der Waals surface area contributed by atoms with Gasteiger partial charge < -0.3 is 28.5 Å². The van der Waals surface area contributed by atoms with Gasteiger partial charge in [-0.3, -0.25) is 0 Å². The molecule has 1 aliphatic rings. The Hall–Kier alpha value is -4.84. The van der Waals surface area contributed by atoms with Crippen LogP contribution in [0.4, 0.5) is 0 Å². The molecule has 1 aliphatic heterocycles. The van der Waals surface area contributed by atoms with Crippen LogP contribution < -0.4 is 18.9 Å². The zero-order chi connectivity index (χ0) is 30.7. The zero-order valence-electron chi connectivity index (χ0n) is 26.3. The molecular weight excluding hydrogens is 548 g/mol. The molecule has 44 heavy (non-hydrogen) atoms. The minimum Gasteiger partial charge on any atom is -0.497 e. The average molecular weight is 587 g/mol. The van der Waals surface area contributed by atoms with Crippen LogP contribution in [-0.4, -0.2) is 38.0 Å². The van der Waals surface area contributed by atoms with E-state index in [0.717, 1.165) is 44.8 Å². The second-order valence-corrected chi connectivity index (χ2v) is 11.9. The number of aryl methyl sites for hydroxylation is 2. The number of hydrogen-bond acceptors (Lipinski definition) is 4. The Morgan fingerprint density at radius 1 is 0.682 bits per heavy atom. The SMILES string of the molecule is COc1cc(OC)c2c(C)c(C3C(c4ccccc4)n4c(c(C)c5c(OC)cc(OC)cc54)C3(C)c3ccccc3)[nH]c2c1. The maximum Gasteiger partial charge on any atom is 0.132 e. The number of nitrogens with zero attached hydrogens (tertiary/aromatic N) is 1. The van der Waals surface area contributed by atoms with Crippen LogP contribution >= 0.6 is 0 Å². The molecular formula is C38H38N2O4. The first kappa shape index (κ1) is 28.0. The van der Waals surface area contributed by atoms with Crippen LogP contribution in [0.5, 0.6) is 23.0 Å². The highest BCUT2D eigenvalue weighted by atomic mass is 16.5. The minimum absolute atomic E-state index is 0.00527. The maximum absolute atomic E-state index is 6.00. The Bertz CT molecular complexity index is 2010. The molecule has 0 fully saturated rings. The van der Waals surface area contributed by atoms with Crippen molar-refractivity contribution in [3.8, 4) is 23.0 Å². The van der Waals surface area contributed by atoms with Crippen molar-refractivity contribution in [2.24, 2.45) is 0 Å². The number of fused-ring (bicyclic) bond motifs is 4. The van der Waals surface area contributed by atoms with E-state index in [1.807, 2.05) is 12.1 Å². The number of nitrogens with one attached hydrogen (secondary N) is 1. The first-order chi connectivity index (χ1) is 21.4. The summed E-state index contributed by atoms with van der Waals surface area (Å²) in [7, 11) is 6.86. The molecule has 0 amide bonds. The molecule has 0 saturated heterocycles. The highest BCUT2D eigenvalue weighted by Crippen LogP contribution is 2.62. The monoisotopic (exact) mass is 586 g/mol. The molecule has 2 aromatic heterocycles. The van der Waals surface area contributed by atoms with Crippen LogP contribution in [0.3, 0.4) is 0 Å². The van der Waals surface area contributed by atoms with Crippen molar-refractivity contribution < 1.29 is 18.9 Å². The van der Waals surface area contributed by atoms with Crippen molar-refractivity contribution in [1.29, 1.82) is 0 Å². The number of aromatic amines is 1. The summed E-state index contributed by atoms with van der Waals surface area (Å²) in [5.74, 6) is 3.14. The van der Waals surface area contributed by atoms with E-state index in [1.165, 1.54) is 33.6 Å². The molecule has 1 N–H and O–H groups in total. The minimum atomic E-state index is -0.425. The van der Waals surface area contributed by atoms with Crippen molar-refractivity contribution in [3.05, 3.63) is 119 Å². The van der Waals surface area contributed by atoms with Gasteiger partial charge in [0.1, 0.15) is 23.0 Å². The Kier molecular flexibility index (Phi) is 6.61. The van der Waals surface area contributed by atoms with Crippen LogP contribution in [0, 0.1) is 13.8 Å². The quantitative estimate of drug-likeness (QED) is 0.204. The molecule has 6 aromatic rings. The van der Waals surface area contributed by atoms with Crippen LogP contribution in [-0.2, 0) is 5.41 Å². The summed E-state index contributed by atoms with van der Waals surface area (Å²) in [6.45, 7) is 6.85. The summed E-state index contributed by atoms with van der Waals surface area (Å²) < 4.78 is 25.9. The van der Waals surface area contributed by atoms with E-state index in [0.29, 0.717) is 0 Å². The third kappa shape index (κ3) is 3.79. The van der Waals surface area contributed by atoms with Crippen LogP contribution in [0.1, 0.15) is 52.5 Å². The third-order valence-electron chi connectivity index (χ3n) is 9.85. The number of ether oxygens (including phenoxy) is 4. The molecule has 7 rings (SSSR count). The fourth-order valence-electron chi connectivity index (χ4n) is 7.96. The van der Waals surface area contributed by atoms with Gasteiger partial charge in [0.2, 0.25) is 0 Å². The van der Waals surface area contributed by atoms with Crippen molar-refractivity contribution in [2.45, 2.75) is 38.1 Å². The normalized spacial score (nSPS) is 19.3. The van der Waals surface area contributed by atoms with Gasteiger partial charge in [-0.05, 0) is 43.0 Å². The molecule has 0 saturated carbocycles. The lowest BCUT2D eigenvalue weighted by Gasteiger charge is -2.35. The van der Waals surface area contributed by atoms with Gasteiger partial charge in [0.05, 0.1) is 45.5 Å². The summed E-state index contributed by atoms with van der Waals surface area (Å²) in [4.78, 5) is 3.89. The van der Waals surface area contributed by atoms with E-state index in [9.17, 15) is 0 Å². The summed E-state index contributed by atoms with van der Waals surface area (Å²) in [5, 5.41) is 2.19. The summed E-state index contributed by atoms with van der Waals surface area (Å²) in [5.41, 5.74) is 9.00. The molecule has 6 nitrogen and oxygen atoms in total. The Balaban J connectivity index is 1.64. The first-order valence-electron chi connectivity index (χ1n) is 15.0. The molecule has 4 aromatic carbocycles. The van der Waals surface area contributed by atoms with Gasteiger partial charge in [-0.2, -0.15) is 0 Å². The second-order valence-electron chi connectivity index (χ2n) is 11.9. The van der Waals surface area contributed by atoms with E-state index >= 15 is 0 Å². The van der Waals surface area contributed by atoms with Crippen LogP contribution in [0.2, 0.25) is 0 Å². The van der Waals surface area contributed by atoms with E-state index in [2.05, 4.69) is 103 Å². The van der Waals surface area contributed by atoms with Crippen LogP contribution in [0.25, 0.3) is 21.8 Å². The fourth-order valence-corrected chi connectivity index (χ4v) is 7.96. The molecule has 0 spiro atoms. The van der Waals surface area contributed by atoms with Crippen molar-refractivity contribution in [2.75, 3.05) is 28.4 Å². The fraction of sp³-hybridized carbons (Fsp3) is 0.263. The van der Waals surface area contributed by atoms with Gasteiger partial charge in [0, 0.05) is 57.8 Å². The molecule has 3 unspecified atom stereocenters. The number of H-pyrrole nitrogens is 1. The number of methoxy groups -OCH3 is 4. The summed E-state index contributed by atoms with van der Waals surface area (Å²) >= 11 is 0. The largest absolute Gasteiger partial charge is 0.497 e. The van der Waals surface area contributed by atoms with Crippen molar-refractivity contribution >= 4 is 21.8 Å². The van der Waals surface area contributed by atoms with Crippen LogP contribution in [0.15, 0.2) is 84.9 Å². The molecule has 6 heteroatoms. The summed E-state index contributed by atoms with van der Waals surface area (Å²) in [6.07, 6.45) is 0. The number of benzene rings is 4. The van der Waals surface area contributed by atoms with Gasteiger partial charge in [0.25, 0.3) is 0 Å². The zero-order valence-corrected chi connectivity index (χ0v) is 26.3. The van der Waals surface area contributed by atoms with Gasteiger partial charge in [0.15, 0.2) is 0 Å². The Labute approximate surface area is 258 Å². The average Bonchev–Trinajstić information content (AvgIpc) is 3.66. The lowest BCUT2D eigenvalue weighted by atomic mass is 9.66. The van der Waals surface area contributed by atoms with Gasteiger partial charge >= 0.3 is 0 Å². The first-order valence-corrected chi connectivity index (χ1v) is 15.0. The molecule has 0 radical (unpaired) electrons. The Morgan fingerprint density at radius 2 is 1.27 bits per heavy atom. The van der Waals surface area contributed by atoms with Crippen molar-refractivity contribution in [1.82, 2.24) is 9.55 Å². The molecule has 3 atom stereocenters. The molecule has 0 aliphatic carbocycles. The lowest BCUT2D eigenvalue weighted by molar-refractivity contribution is 0.396. The smallest absolute Gasteiger partial charge is 0.132 e. The van der Waals surface area contributed by atoms with E-state index in [4.69, 9.17) is 18.9 Å². The number of rotatable bonds is 7. The highest BCUT2D eigenvalue weighted by molar-refractivity contribution is 5.95. The maximum atomic E-state index is 6.00. The molecule has 3 heterocycles. The molecule has 224 valence electrons. The van der Waals surface area contributed by atoms with E-state index in [1.54, 1.807) is 28.4 Å². The van der Waals surface area contributed by atoms with Gasteiger partial charge in [-0.1, -0.05) is 60.7 Å². The van der Waals surface area contributed by atoms with E-state index < -0.39 is 5.41 Å². The van der Waals surface area contributed by atoms with Gasteiger partial charge in [-0.25, -0.2) is 0 Å². The standard InChI is InChI=1S/C38H38N2O4/c1-22-32-28(18-26(41-4)20-30(32)43-6)39-35(22)34-36(24-14-10-8-11-15-24)40-29-19-27(42-5)21-31(44-7)33(29)23(2)37(40)38(34,3)25-16-12-9-13-17-25/h8-21,34,36,39H,1-7H3. The lowest BCUT2D eigenvalue weighted by Crippen LogP contribution is -2.31. The third-order valence-corrected chi connectivity index (χ3v) is 9.85. The second kappa shape index (κ2) is 10.4. The summed E-state index contributed by atoms with van der Waals surface area (Å²) in [6, 6.07) is 29.9. The highest BCUT2D eigenvalue weighted by Gasteiger charge is 2.55. The Morgan fingerprint density at radius 3 is 1.89 bits per heavy atom. The predicted octanol–water partition coefficient (Wildman–Crippen LogP) is 8.47. The number of aromatic nitrogens is 2.